The van der Waals surface area contributed by atoms with E-state index in [9.17, 15) is 18.4 Å². The second-order valence-corrected chi connectivity index (χ2v) is 7.91. The van der Waals surface area contributed by atoms with Crippen molar-refractivity contribution in [1.29, 1.82) is 0 Å². The fraction of sp³-hybridized carbons (Fsp3) is 0.417. The van der Waals surface area contributed by atoms with Crippen molar-refractivity contribution in [2.45, 2.75) is 51.1 Å². The number of anilines is 1. The number of rotatable bonds is 11. The first-order valence-electron chi connectivity index (χ1n) is 10.6. The van der Waals surface area contributed by atoms with Crippen molar-refractivity contribution in [1.82, 2.24) is 0 Å². The first-order valence-corrected chi connectivity index (χ1v) is 10.6. The van der Waals surface area contributed by atoms with Crippen molar-refractivity contribution in [3.05, 3.63) is 54.1 Å². The third-order valence-electron chi connectivity index (χ3n) is 5.17. The van der Waals surface area contributed by atoms with Crippen LogP contribution in [0.5, 0.6) is 11.5 Å². The molecule has 0 fully saturated rings. The first-order chi connectivity index (χ1) is 15.2. The van der Waals surface area contributed by atoms with E-state index in [1.807, 2.05) is 0 Å². The van der Waals surface area contributed by atoms with Crippen molar-refractivity contribution in [2.24, 2.45) is 0 Å². The predicted molar refractivity (Wildman–Crippen MR) is 116 cm³/mol. The summed E-state index contributed by atoms with van der Waals surface area (Å²) in [5, 5.41) is 9.04. The average molecular weight is 447 g/mol. The highest BCUT2D eigenvalue weighted by Crippen LogP contribution is 2.35. The van der Waals surface area contributed by atoms with E-state index in [0.29, 0.717) is 42.1 Å². The molecule has 1 amide bonds. The molecule has 8 heteroatoms. The van der Waals surface area contributed by atoms with E-state index in [-0.39, 0.29) is 31.8 Å². The van der Waals surface area contributed by atoms with Gasteiger partial charge in [0.1, 0.15) is 11.5 Å². The Morgan fingerprint density at radius 2 is 1.88 bits per heavy atom. The van der Waals surface area contributed by atoms with Gasteiger partial charge in [0.25, 0.3) is 5.91 Å². The van der Waals surface area contributed by atoms with Crippen LogP contribution in [0.25, 0.3) is 0 Å². The fourth-order valence-corrected chi connectivity index (χ4v) is 3.62. The van der Waals surface area contributed by atoms with Crippen LogP contribution in [0.4, 0.5) is 14.5 Å². The van der Waals surface area contributed by atoms with Gasteiger partial charge < -0.3 is 19.5 Å². The molecule has 1 heterocycles. The number of halogens is 2. The summed E-state index contributed by atoms with van der Waals surface area (Å²) >= 11 is 0. The second-order valence-electron chi connectivity index (χ2n) is 7.91. The van der Waals surface area contributed by atoms with E-state index in [2.05, 4.69) is 0 Å². The SMILES string of the molecule is CC(F)(F)CCCCN1C(=O)[C@@H](CCOc2ccccc2CC(=O)O)Oc2ccccc21. The molecule has 0 saturated heterocycles. The molecule has 0 spiro atoms. The number of carboxylic acids is 1. The van der Waals surface area contributed by atoms with E-state index in [1.54, 1.807) is 53.4 Å². The van der Waals surface area contributed by atoms with Crippen molar-refractivity contribution >= 4 is 17.6 Å². The minimum absolute atomic E-state index is 0.158. The van der Waals surface area contributed by atoms with Crippen LogP contribution in [0, 0.1) is 0 Å². The molecule has 1 aliphatic rings. The molecule has 1 N–H and O–H groups in total. The van der Waals surface area contributed by atoms with Crippen LogP contribution in [0.15, 0.2) is 48.5 Å². The van der Waals surface area contributed by atoms with Gasteiger partial charge in [-0.05, 0) is 38.0 Å². The number of unbranched alkanes of at least 4 members (excludes halogenated alkanes) is 1. The highest BCUT2D eigenvalue weighted by atomic mass is 19.3. The molecule has 6 nitrogen and oxygen atoms in total. The number of nitrogens with zero attached hydrogens (tertiary/aromatic N) is 1. The lowest BCUT2D eigenvalue weighted by molar-refractivity contribution is -0.136. The number of hydrogen-bond acceptors (Lipinski definition) is 4. The maximum atomic E-state index is 13.1. The summed E-state index contributed by atoms with van der Waals surface area (Å²) in [4.78, 5) is 25.7. The average Bonchev–Trinajstić information content (AvgIpc) is 2.73. The van der Waals surface area contributed by atoms with Crippen LogP contribution in [0.1, 0.15) is 38.2 Å². The van der Waals surface area contributed by atoms with Crippen LogP contribution >= 0.6 is 0 Å². The summed E-state index contributed by atoms with van der Waals surface area (Å²) in [7, 11) is 0. The lowest BCUT2D eigenvalue weighted by atomic mass is 10.1. The molecule has 2 aromatic rings. The highest BCUT2D eigenvalue weighted by molar-refractivity contribution is 6.00. The Labute approximate surface area is 185 Å². The van der Waals surface area contributed by atoms with Gasteiger partial charge in [-0.3, -0.25) is 9.59 Å². The summed E-state index contributed by atoms with van der Waals surface area (Å²) in [6.45, 7) is 1.38. The molecule has 2 aromatic carbocycles. The lowest BCUT2D eigenvalue weighted by Gasteiger charge is -2.34. The molecule has 0 saturated carbocycles. The minimum Gasteiger partial charge on any atom is -0.493 e. The van der Waals surface area contributed by atoms with Gasteiger partial charge in [-0.15, -0.1) is 0 Å². The largest absolute Gasteiger partial charge is 0.493 e. The number of carbonyl (C=O) groups is 2. The minimum atomic E-state index is -2.72. The third-order valence-corrected chi connectivity index (χ3v) is 5.17. The zero-order valence-corrected chi connectivity index (χ0v) is 17.9. The van der Waals surface area contributed by atoms with E-state index in [0.717, 1.165) is 6.92 Å². The monoisotopic (exact) mass is 447 g/mol. The summed E-state index contributed by atoms with van der Waals surface area (Å²) in [6, 6.07) is 14.0. The summed E-state index contributed by atoms with van der Waals surface area (Å²) < 4.78 is 37.8. The summed E-state index contributed by atoms with van der Waals surface area (Å²) in [5.41, 5.74) is 1.18. The van der Waals surface area contributed by atoms with Gasteiger partial charge in [-0.1, -0.05) is 30.3 Å². The molecule has 0 bridgehead atoms. The van der Waals surface area contributed by atoms with E-state index in [4.69, 9.17) is 14.6 Å². The number of benzene rings is 2. The molecule has 0 radical (unpaired) electrons. The number of carboxylic acid groups (broad SMARTS) is 1. The zero-order chi connectivity index (χ0) is 23.1. The molecule has 3 rings (SSSR count). The number of para-hydroxylation sites is 3. The molecular formula is C24H27F2NO5. The van der Waals surface area contributed by atoms with Crippen LogP contribution < -0.4 is 14.4 Å². The Bertz CT molecular complexity index is 944. The van der Waals surface area contributed by atoms with Crippen molar-refractivity contribution in [3.63, 3.8) is 0 Å². The zero-order valence-electron chi connectivity index (χ0n) is 17.9. The maximum absolute atomic E-state index is 13.1. The molecule has 1 atom stereocenters. The van der Waals surface area contributed by atoms with Crippen LogP contribution in [-0.4, -0.2) is 42.2 Å². The van der Waals surface area contributed by atoms with Crippen LogP contribution in [0.3, 0.4) is 0 Å². The highest BCUT2D eigenvalue weighted by Gasteiger charge is 2.34. The molecule has 0 aliphatic carbocycles. The molecule has 32 heavy (non-hydrogen) atoms. The van der Waals surface area contributed by atoms with Crippen molar-refractivity contribution < 1.29 is 33.0 Å². The van der Waals surface area contributed by atoms with Gasteiger partial charge in [0.15, 0.2) is 6.10 Å². The topological polar surface area (TPSA) is 76.1 Å². The lowest BCUT2D eigenvalue weighted by Crippen LogP contribution is -2.47. The van der Waals surface area contributed by atoms with Crippen molar-refractivity contribution in [3.8, 4) is 11.5 Å². The Morgan fingerprint density at radius 1 is 1.16 bits per heavy atom. The van der Waals surface area contributed by atoms with Gasteiger partial charge >= 0.3 is 5.97 Å². The van der Waals surface area contributed by atoms with Gasteiger partial charge in [-0.2, -0.15) is 0 Å². The van der Waals surface area contributed by atoms with E-state index >= 15 is 0 Å². The van der Waals surface area contributed by atoms with Gasteiger partial charge in [-0.25, -0.2) is 8.78 Å². The Hall–Kier alpha value is -3.16. The van der Waals surface area contributed by atoms with Gasteiger partial charge in [0.2, 0.25) is 5.92 Å². The molecule has 172 valence electrons. The number of fused-ring (bicyclic) bond motifs is 1. The maximum Gasteiger partial charge on any atom is 0.307 e. The normalized spacial score (nSPS) is 15.8. The Morgan fingerprint density at radius 3 is 2.62 bits per heavy atom. The van der Waals surface area contributed by atoms with Gasteiger partial charge in [0.05, 0.1) is 18.7 Å². The van der Waals surface area contributed by atoms with Crippen LogP contribution in [-0.2, 0) is 16.0 Å². The standard InChI is InChI=1S/C24H27F2NO5/c1-24(25,26)13-6-7-14-27-18-9-3-5-11-20(18)32-21(23(27)30)12-15-31-19-10-4-2-8-17(19)16-22(28)29/h2-5,8-11,21H,6-7,12-16H2,1H3,(H,28,29)/t21-/m1/s1. The van der Waals surface area contributed by atoms with Crippen molar-refractivity contribution in [2.75, 3.05) is 18.1 Å². The quantitative estimate of drug-likeness (QED) is 0.505. The predicted octanol–water partition coefficient (Wildman–Crippen LogP) is 4.70. The Kier molecular flexibility index (Phi) is 7.66. The van der Waals surface area contributed by atoms with E-state index in [1.165, 1.54) is 0 Å². The number of alkyl halides is 2. The van der Waals surface area contributed by atoms with Gasteiger partial charge in [0, 0.05) is 24.9 Å². The summed E-state index contributed by atoms with van der Waals surface area (Å²) in [6.07, 6.45) is -0.130. The van der Waals surface area contributed by atoms with Crippen LogP contribution in [0.2, 0.25) is 0 Å². The molecule has 1 aliphatic heterocycles. The molecule has 0 aromatic heterocycles. The number of aliphatic carboxylic acids is 1. The fourth-order valence-electron chi connectivity index (χ4n) is 3.62. The third kappa shape index (κ3) is 6.42. The smallest absolute Gasteiger partial charge is 0.307 e. The van der Waals surface area contributed by atoms with E-state index < -0.39 is 18.0 Å². The molecule has 0 unspecified atom stereocenters. The first kappa shape index (κ1) is 23.5. The number of carbonyl (C=O) groups excluding carboxylic acids is 1. The number of ether oxygens (including phenoxy) is 2. The molecular weight excluding hydrogens is 420 g/mol. The summed E-state index contributed by atoms with van der Waals surface area (Å²) in [5.74, 6) is -2.90. The Balaban J connectivity index is 1.63. The number of hydrogen-bond donors (Lipinski definition) is 1. The number of amides is 1. The second kappa shape index (κ2) is 10.4.